The number of hydrazone groups is 1. The van der Waals surface area contributed by atoms with Crippen LogP contribution >= 0.6 is 23.4 Å². The summed E-state index contributed by atoms with van der Waals surface area (Å²) in [5.74, 6) is -0.649. The van der Waals surface area contributed by atoms with E-state index >= 15 is 0 Å². The van der Waals surface area contributed by atoms with E-state index in [1.165, 1.54) is 42.2 Å². The van der Waals surface area contributed by atoms with Crippen LogP contribution in [-0.2, 0) is 0 Å². The smallest absolute Gasteiger partial charge is 0.267 e. The van der Waals surface area contributed by atoms with Crippen molar-refractivity contribution >= 4 is 46.9 Å². The summed E-state index contributed by atoms with van der Waals surface area (Å²) in [5, 5.41) is 26.6. The van der Waals surface area contributed by atoms with Crippen LogP contribution < -0.4 is 5.43 Å². The van der Waals surface area contributed by atoms with Crippen molar-refractivity contribution < 1.29 is 14.6 Å². The van der Waals surface area contributed by atoms with Gasteiger partial charge in [0, 0.05) is 39.2 Å². The number of hydrogen-bond donors (Lipinski definition) is 1. The summed E-state index contributed by atoms with van der Waals surface area (Å²) in [6.07, 6.45) is 1.25. The number of non-ortho nitro benzene ring substituents is 1. The van der Waals surface area contributed by atoms with Crippen LogP contribution in [-0.4, -0.2) is 22.0 Å². The standard InChI is InChI=1S/C20H13ClN4O5S/c21-15-5-7-17(8-6-15)31-19-9-4-13(10-18(19)25(29)30)12-22-23-20(26)14-2-1-3-16(11-14)24(27)28/h1-12H,(H,23,26). The zero-order valence-corrected chi connectivity index (χ0v) is 17.2. The highest BCUT2D eigenvalue weighted by Crippen LogP contribution is 2.35. The first kappa shape index (κ1) is 21.9. The minimum atomic E-state index is -0.649. The topological polar surface area (TPSA) is 128 Å². The second-order valence-corrected chi connectivity index (χ2v) is 7.60. The van der Waals surface area contributed by atoms with Gasteiger partial charge in [0.05, 0.1) is 21.0 Å². The molecule has 0 atom stereocenters. The van der Waals surface area contributed by atoms with Crippen molar-refractivity contribution in [3.8, 4) is 0 Å². The number of nitro groups is 2. The Hall–Kier alpha value is -3.76. The molecule has 0 saturated carbocycles. The Balaban J connectivity index is 1.73. The number of carbonyl (C=O) groups is 1. The lowest BCUT2D eigenvalue weighted by Crippen LogP contribution is -2.17. The van der Waals surface area contributed by atoms with Gasteiger partial charge in [-0.2, -0.15) is 5.10 Å². The Morgan fingerprint density at radius 3 is 2.42 bits per heavy atom. The molecule has 156 valence electrons. The van der Waals surface area contributed by atoms with Crippen LogP contribution in [0.25, 0.3) is 0 Å². The molecule has 3 aromatic rings. The summed E-state index contributed by atoms with van der Waals surface area (Å²) in [7, 11) is 0. The van der Waals surface area contributed by atoms with Crippen LogP contribution in [0.3, 0.4) is 0 Å². The van der Waals surface area contributed by atoms with Gasteiger partial charge in [-0.15, -0.1) is 0 Å². The van der Waals surface area contributed by atoms with Crippen molar-refractivity contribution in [2.45, 2.75) is 9.79 Å². The molecule has 1 amide bonds. The van der Waals surface area contributed by atoms with Crippen LogP contribution in [0, 0.1) is 20.2 Å². The summed E-state index contributed by atoms with van der Waals surface area (Å²) in [6, 6.07) is 16.6. The molecule has 0 saturated heterocycles. The van der Waals surface area contributed by atoms with Gasteiger partial charge in [0.25, 0.3) is 17.3 Å². The predicted molar refractivity (Wildman–Crippen MR) is 117 cm³/mol. The van der Waals surface area contributed by atoms with Crippen molar-refractivity contribution in [3.63, 3.8) is 0 Å². The van der Waals surface area contributed by atoms with E-state index < -0.39 is 15.8 Å². The van der Waals surface area contributed by atoms with Crippen LogP contribution in [0.4, 0.5) is 11.4 Å². The maximum Gasteiger partial charge on any atom is 0.283 e. The maximum atomic E-state index is 12.1. The number of nitrogens with zero attached hydrogens (tertiary/aromatic N) is 3. The summed E-state index contributed by atoms with van der Waals surface area (Å²) < 4.78 is 0. The number of nitro benzene ring substituents is 2. The Bertz CT molecular complexity index is 1180. The zero-order valence-electron chi connectivity index (χ0n) is 15.6. The maximum absolute atomic E-state index is 12.1. The molecule has 31 heavy (non-hydrogen) atoms. The largest absolute Gasteiger partial charge is 0.283 e. The molecule has 0 bridgehead atoms. The molecule has 3 rings (SSSR count). The Morgan fingerprint density at radius 2 is 1.74 bits per heavy atom. The van der Waals surface area contributed by atoms with Gasteiger partial charge in [-0.05, 0) is 36.4 Å². The van der Waals surface area contributed by atoms with E-state index in [9.17, 15) is 25.0 Å². The predicted octanol–water partition coefficient (Wildman–Crippen LogP) is 5.07. The SMILES string of the molecule is O=C(NN=Cc1ccc(Sc2ccc(Cl)cc2)c([N+](=O)[O-])c1)c1cccc([N+](=O)[O-])c1. The molecule has 3 aromatic carbocycles. The minimum absolute atomic E-state index is 0.0621. The summed E-state index contributed by atoms with van der Waals surface area (Å²) in [5.41, 5.74) is 2.36. The number of carbonyl (C=O) groups excluding carboxylic acids is 1. The van der Waals surface area contributed by atoms with Crippen molar-refractivity contribution in [3.05, 3.63) is 103 Å². The number of nitrogens with one attached hydrogen (secondary N) is 1. The lowest BCUT2D eigenvalue weighted by Gasteiger charge is -2.04. The van der Waals surface area contributed by atoms with E-state index in [4.69, 9.17) is 11.6 Å². The van der Waals surface area contributed by atoms with E-state index in [1.54, 1.807) is 36.4 Å². The van der Waals surface area contributed by atoms with E-state index in [0.29, 0.717) is 15.5 Å². The third-order valence-corrected chi connectivity index (χ3v) is 5.24. The van der Waals surface area contributed by atoms with Gasteiger partial charge < -0.3 is 0 Å². The van der Waals surface area contributed by atoms with Gasteiger partial charge in [-0.25, -0.2) is 5.43 Å². The van der Waals surface area contributed by atoms with Gasteiger partial charge in [0.2, 0.25) is 0 Å². The average Bonchev–Trinajstić information content (AvgIpc) is 2.76. The molecule has 0 heterocycles. The third kappa shape index (κ3) is 5.87. The highest BCUT2D eigenvalue weighted by molar-refractivity contribution is 7.99. The number of benzene rings is 3. The van der Waals surface area contributed by atoms with Crippen LogP contribution in [0.2, 0.25) is 5.02 Å². The van der Waals surface area contributed by atoms with Gasteiger partial charge in [-0.3, -0.25) is 25.0 Å². The molecular formula is C20H13ClN4O5S. The Morgan fingerprint density at radius 1 is 1.00 bits per heavy atom. The normalized spacial score (nSPS) is 10.7. The van der Waals surface area contributed by atoms with Crippen LogP contribution in [0.5, 0.6) is 0 Å². The van der Waals surface area contributed by atoms with Gasteiger partial charge in [0.15, 0.2) is 0 Å². The second-order valence-electron chi connectivity index (χ2n) is 6.05. The fourth-order valence-electron chi connectivity index (χ4n) is 2.46. The number of halogens is 1. The molecule has 0 radical (unpaired) electrons. The van der Waals surface area contributed by atoms with Gasteiger partial charge in [-0.1, -0.05) is 35.5 Å². The van der Waals surface area contributed by atoms with Crippen molar-refractivity contribution in [1.82, 2.24) is 5.43 Å². The van der Waals surface area contributed by atoms with Crippen LogP contribution in [0.1, 0.15) is 15.9 Å². The number of amides is 1. The fourth-order valence-corrected chi connectivity index (χ4v) is 3.49. The average molecular weight is 457 g/mol. The van der Waals surface area contributed by atoms with E-state index in [-0.39, 0.29) is 16.9 Å². The Labute approximate surface area is 185 Å². The molecule has 0 fully saturated rings. The number of hydrogen-bond acceptors (Lipinski definition) is 7. The Kier molecular flexibility index (Phi) is 6.96. The molecule has 0 aliphatic rings. The monoisotopic (exact) mass is 456 g/mol. The first-order valence-corrected chi connectivity index (χ1v) is 9.82. The van der Waals surface area contributed by atoms with E-state index in [1.807, 2.05) is 0 Å². The molecule has 0 unspecified atom stereocenters. The molecular weight excluding hydrogens is 444 g/mol. The van der Waals surface area contributed by atoms with E-state index in [0.717, 1.165) is 11.0 Å². The first-order valence-electron chi connectivity index (χ1n) is 8.63. The van der Waals surface area contributed by atoms with Crippen molar-refractivity contribution in [1.29, 1.82) is 0 Å². The lowest BCUT2D eigenvalue weighted by atomic mass is 10.2. The lowest BCUT2D eigenvalue weighted by molar-refractivity contribution is -0.387. The fraction of sp³-hybridized carbons (Fsp3) is 0. The highest BCUT2D eigenvalue weighted by atomic mass is 35.5. The van der Waals surface area contributed by atoms with Crippen molar-refractivity contribution in [2.24, 2.45) is 5.10 Å². The third-order valence-electron chi connectivity index (χ3n) is 3.92. The summed E-state index contributed by atoms with van der Waals surface area (Å²) >= 11 is 7.08. The minimum Gasteiger partial charge on any atom is -0.267 e. The first-order chi connectivity index (χ1) is 14.8. The molecule has 0 aliphatic heterocycles. The molecule has 0 aliphatic carbocycles. The van der Waals surface area contributed by atoms with E-state index in [2.05, 4.69) is 10.5 Å². The summed E-state index contributed by atoms with van der Waals surface area (Å²) in [6.45, 7) is 0. The molecule has 0 spiro atoms. The molecule has 0 aromatic heterocycles. The quantitative estimate of drug-likeness (QED) is 0.300. The zero-order chi connectivity index (χ0) is 22.4. The number of rotatable bonds is 7. The molecule has 9 nitrogen and oxygen atoms in total. The molecule has 11 heteroatoms. The summed E-state index contributed by atoms with van der Waals surface area (Å²) in [4.78, 5) is 34.5. The van der Waals surface area contributed by atoms with Gasteiger partial charge >= 0.3 is 0 Å². The van der Waals surface area contributed by atoms with Crippen LogP contribution in [0.15, 0.2) is 81.6 Å². The van der Waals surface area contributed by atoms with Gasteiger partial charge in [0.1, 0.15) is 0 Å². The second kappa shape index (κ2) is 9.83. The van der Waals surface area contributed by atoms with Crippen molar-refractivity contribution in [2.75, 3.05) is 0 Å². The highest BCUT2D eigenvalue weighted by Gasteiger charge is 2.16. The molecule has 1 N–H and O–H groups in total.